The van der Waals surface area contributed by atoms with Gasteiger partial charge in [-0.2, -0.15) is 0 Å². The van der Waals surface area contributed by atoms with E-state index in [1.54, 1.807) is 20.8 Å². The molecular weight excluding hydrogens is 196 g/mol. The first kappa shape index (κ1) is 13.9. The van der Waals surface area contributed by atoms with Crippen molar-refractivity contribution in [3.8, 4) is 0 Å². The van der Waals surface area contributed by atoms with Gasteiger partial charge < -0.3 is 9.47 Å². The second kappa shape index (κ2) is 7.26. The SMILES string of the molecule is CCCOC(=O)CC(C)C(=O)OC(C)C. The topological polar surface area (TPSA) is 52.6 Å². The minimum Gasteiger partial charge on any atom is -0.466 e. The van der Waals surface area contributed by atoms with Crippen molar-refractivity contribution in [2.24, 2.45) is 5.92 Å². The van der Waals surface area contributed by atoms with Gasteiger partial charge in [-0.1, -0.05) is 13.8 Å². The molecule has 1 unspecified atom stereocenters. The molecule has 0 saturated carbocycles. The van der Waals surface area contributed by atoms with Crippen LogP contribution in [0.25, 0.3) is 0 Å². The molecule has 1 atom stereocenters. The summed E-state index contributed by atoms with van der Waals surface area (Å²) < 4.78 is 9.84. The van der Waals surface area contributed by atoms with Crippen LogP contribution in [-0.2, 0) is 19.1 Å². The Morgan fingerprint density at radius 2 is 1.80 bits per heavy atom. The summed E-state index contributed by atoms with van der Waals surface area (Å²) in [5, 5.41) is 0. The number of esters is 2. The third-order valence-corrected chi connectivity index (χ3v) is 1.69. The maximum absolute atomic E-state index is 11.3. The minimum atomic E-state index is -0.434. The van der Waals surface area contributed by atoms with Crippen LogP contribution in [0.15, 0.2) is 0 Å². The fourth-order valence-electron chi connectivity index (χ4n) is 0.957. The molecule has 0 spiro atoms. The normalized spacial score (nSPS) is 12.3. The zero-order valence-electron chi connectivity index (χ0n) is 9.91. The van der Waals surface area contributed by atoms with Gasteiger partial charge in [-0.25, -0.2) is 0 Å². The molecule has 0 bridgehead atoms. The smallest absolute Gasteiger partial charge is 0.309 e. The summed E-state index contributed by atoms with van der Waals surface area (Å²) >= 11 is 0. The zero-order valence-corrected chi connectivity index (χ0v) is 9.91. The molecule has 4 nitrogen and oxygen atoms in total. The van der Waals surface area contributed by atoms with Gasteiger partial charge in [0.05, 0.1) is 25.0 Å². The third kappa shape index (κ3) is 6.94. The van der Waals surface area contributed by atoms with Crippen molar-refractivity contribution in [1.82, 2.24) is 0 Å². The van der Waals surface area contributed by atoms with Gasteiger partial charge in [-0.3, -0.25) is 9.59 Å². The van der Waals surface area contributed by atoms with E-state index < -0.39 is 5.92 Å². The van der Waals surface area contributed by atoms with Gasteiger partial charge in [0, 0.05) is 0 Å². The van der Waals surface area contributed by atoms with E-state index in [1.165, 1.54) is 0 Å². The third-order valence-electron chi connectivity index (χ3n) is 1.69. The summed E-state index contributed by atoms with van der Waals surface area (Å²) in [5.41, 5.74) is 0. The van der Waals surface area contributed by atoms with Crippen LogP contribution < -0.4 is 0 Å². The molecule has 0 amide bonds. The number of rotatable bonds is 6. The Balaban J connectivity index is 3.85. The lowest BCUT2D eigenvalue weighted by atomic mass is 10.1. The Morgan fingerprint density at radius 1 is 1.20 bits per heavy atom. The Morgan fingerprint density at radius 3 is 2.27 bits per heavy atom. The highest BCUT2D eigenvalue weighted by Crippen LogP contribution is 2.07. The predicted molar refractivity (Wildman–Crippen MR) is 56.3 cm³/mol. The summed E-state index contributed by atoms with van der Waals surface area (Å²) in [6.45, 7) is 7.55. The molecular formula is C11H20O4. The molecule has 4 heteroatoms. The Bertz CT molecular complexity index is 211. The number of hydrogen-bond donors (Lipinski definition) is 0. The summed E-state index contributed by atoms with van der Waals surface area (Å²) in [5.74, 6) is -1.12. The Labute approximate surface area is 90.9 Å². The van der Waals surface area contributed by atoms with Crippen molar-refractivity contribution >= 4 is 11.9 Å². The molecule has 0 aliphatic carbocycles. The summed E-state index contributed by atoms with van der Waals surface area (Å²) in [4.78, 5) is 22.5. The first-order valence-corrected chi connectivity index (χ1v) is 5.33. The van der Waals surface area contributed by atoms with Gasteiger partial charge in [0.1, 0.15) is 0 Å². The molecule has 0 heterocycles. The van der Waals surface area contributed by atoms with Crippen molar-refractivity contribution in [2.45, 2.75) is 46.6 Å². The second-order valence-corrected chi connectivity index (χ2v) is 3.81. The first-order chi connectivity index (χ1) is 6.97. The van der Waals surface area contributed by atoms with Gasteiger partial charge >= 0.3 is 11.9 Å². The maximum Gasteiger partial charge on any atom is 0.309 e. The van der Waals surface area contributed by atoms with Crippen molar-refractivity contribution in [3.63, 3.8) is 0 Å². The molecule has 0 fully saturated rings. The average molecular weight is 216 g/mol. The molecule has 0 aromatic rings. The number of carbonyl (C=O) groups excluding carboxylic acids is 2. The van der Waals surface area contributed by atoms with Crippen LogP contribution >= 0.6 is 0 Å². The van der Waals surface area contributed by atoms with E-state index in [-0.39, 0.29) is 24.5 Å². The highest BCUT2D eigenvalue weighted by molar-refractivity contribution is 5.79. The second-order valence-electron chi connectivity index (χ2n) is 3.81. The van der Waals surface area contributed by atoms with E-state index in [0.29, 0.717) is 6.61 Å². The van der Waals surface area contributed by atoms with E-state index in [2.05, 4.69) is 0 Å². The predicted octanol–water partition coefficient (Wildman–Crippen LogP) is 1.92. The fraction of sp³-hybridized carbons (Fsp3) is 0.818. The Hall–Kier alpha value is -1.06. The minimum absolute atomic E-state index is 0.0888. The van der Waals surface area contributed by atoms with Crippen LogP contribution in [0.2, 0.25) is 0 Å². The van der Waals surface area contributed by atoms with Crippen LogP contribution in [0.4, 0.5) is 0 Å². The van der Waals surface area contributed by atoms with Crippen LogP contribution in [0.3, 0.4) is 0 Å². The quantitative estimate of drug-likeness (QED) is 0.636. The molecule has 0 aliphatic rings. The molecule has 0 saturated heterocycles. The Kier molecular flexibility index (Phi) is 6.75. The van der Waals surface area contributed by atoms with Gasteiger partial charge in [0.15, 0.2) is 0 Å². The lowest BCUT2D eigenvalue weighted by molar-refractivity contribution is -0.157. The number of hydrogen-bond acceptors (Lipinski definition) is 4. The van der Waals surface area contributed by atoms with Crippen molar-refractivity contribution in [2.75, 3.05) is 6.61 Å². The molecule has 0 rings (SSSR count). The van der Waals surface area contributed by atoms with E-state index in [4.69, 9.17) is 9.47 Å². The molecule has 0 aromatic heterocycles. The van der Waals surface area contributed by atoms with Crippen LogP contribution in [0.1, 0.15) is 40.5 Å². The van der Waals surface area contributed by atoms with Crippen LogP contribution in [0.5, 0.6) is 0 Å². The van der Waals surface area contributed by atoms with Crippen molar-refractivity contribution < 1.29 is 19.1 Å². The summed E-state index contributed by atoms with van der Waals surface area (Å²) in [6, 6.07) is 0. The van der Waals surface area contributed by atoms with E-state index in [1.807, 2.05) is 6.92 Å². The molecule has 88 valence electrons. The maximum atomic E-state index is 11.3. The highest BCUT2D eigenvalue weighted by atomic mass is 16.5. The largest absolute Gasteiger partial charge is 0.466 e. The number of ether oxygens (including phenoxy) is 2. The molecule has 0 radical (unpaired) electrons. The van der Waals surface area contributed by atoms with Crippen LogP contribution in [0, 0.1) is 5.92 Å². The summed E-state index contributed by atoms with van der Waals surface area (Å²) in [6.07, 6.45) is 0.730. The average Bonchev–Trinajstić information content (AvgIpc) is 2.13. The molecule has 0 aromatic carbocycles. The van der Waals surface area contributed by atoms with Crippen molar-refractivity contribution in [3.05, 3.63) is 0 Å². The van der Waals surface area contributed by atoms with Gasteiger partial charge in [-0.05, 0) is 20.3 Å². The lowest BCUT2D eigenvalue weighted by Gasteiger charge is -2.13. The monoisotopic (exact) mass is 216 g/mol. The van der Waals surface area contributed by atoms with E-state index in [0.717, 1.165) is 6.42 Å². The first-order valence-electron chi connectivity index (χ1n) is 5.33. The standard InChI is InChI=1S/C11H20O4/c1-5-6-14-10(12)7-9(4)11(13)15-8(2)3/h8-9H,5-7H2,1-4H3. The highest BCUT2D eigenvalue weighted by Gasteiger charge is 2.19. The fourth-order valence-corrected chi connectivity index (χ4v) is 0.957. The lowest BCUT2D eigenvalue weighted by Crippen LogP contribution is -2.22. The van der Waals surface area contributed by atoms with Gasteiger partial charge in [0.25, 0.3) is 0 Å². The van der Waals surface area contributed by atoms with E-state index >= 15 is 0 Å². The molecule has 0 aliphatic heterocycles. The summed E-state index contributed by atoms with van der Waals surface area (Å²) in [7, 11) is 0. The van der Waals surface area contributed by atoms with Gasteiger partial charge in [-0.15, -0.1) is 0 Å². The van der Waals surface area contributed by atoms with Crippen molar-refractivity contribution in [1.29, 1.82) is 0 Å². The zero-order chi connectivity index (χ0) is 11.8. The van der Waals surface area contributed by atoms with E-state index in [9.17, 15) is 9.59 Å². The molecule has 0 N–H and O–H groups in total. The van der Waals surface area contributed by atoms with Crippen LogP contribution in [-0.4, -0.2) is 24.6 Å². The molecule has 15 heavy (non-hydrogen) atoms. The van der Waals surface area contributed by atoms with Gasteiger partial charge in [0.2, 0.25) is 0 Å². The number of carbonyl (C=O) groups is 2.